The topological polar surface area (TPSA) is 57.5 Å². The van der Waals surface area contributed by atoms with E-state index in [0.29, 0.717) is 0 Å². The highest BCUT2D eigenvalue weighted by Crippen LogP contribution is 2.41. The maximum Gasteiger partial charge on any atom is 0.438 e. The first kappa shape index (κ1) is 17.9. The lowest BCUT2D eigenvalue weighted by Crippen LogP contribution is -2.60. The third kappa shape index (κ3) is 2.70. The highest BCUT2D eigenvalue weighted by atomic mass is 19.4. The first-order valence-corrected chi connectivity index (χ1v) is 8.88. The SMILES string of the molecule is C=C1CC(O)(C(F)(F)F)N(C(=O)Cn2c3c(c4ccccc42)CCCC3)N1. The molecule has 2 aromatic rings. The second-order valence-corrected chi connectivity index (χ2v) is 7.17. The van der Waals surface area contributed by atoms with Gasteiger partial charge >= 0.3 is 6.18 Å². The van der Waals surface area contributed by atoms with Crippen LogP contribution in [0.5, 0.6) is 0 Å². The van der Waals surface area contributed by atoms with Gasteiger partial charge < -0.3 is 9.67 Å². The number of benzene rings is 1. The molecule has 2 N–H and O–H groups in total. The molecule has 1 aliphatic carbocycles. The van der Waals surface area contributed by atoms with E-state index in [1.54, 1.807) is 4.57 Å². The minimum absolute atomic E-state index is 0.0532. The fourth-order valence-corrected chi connectivity index (χ4v) is 4.14. The molecule has 0 spiro atoms. The Balaban J connectivity index is 1.73. The molecule has 1 aliphatic heterocycles. The summed E-state index contributed by atoms with van der Waals surface area (Å²) in [4.78, 5) is 12.8. The van der Waals surface area contributed by atoms with Crippen molar-refractivity contribution < 1.29 is 23.1 Å². The van der Waals surface area contributed by atoms with Gasteiger partial charge in [-0.25, -0.2) is 5.01 Å². The highest BCUT2D eigenvalue weighted by molar-refractivity contribution is 5.88. The van der Waals surface area contributed by atoms with Crippen LogP contribution in [0.2, 0.25) is 0 Å². The molecule has 144 valence electrons. The molecule has 0 saturated carbocycles. The summed E-state index contributed by atoms with van der Waals surface area (Å²) in [5.74, 6) is -0.859. The van der Waals surface area contributed by atoms with Crippen molar-refractivity contribution in [3.63, 3.8) is 0 Å². The molecular weight excluding hydrogens is 359 g/mol. The third-order valence-electron chi connectivity index (χ3n) is 5.38. The van der Waals surface area contributed by atoms with Crippen LogP contribution in [0.1, 0.15) is 30.5 Å². The summed E-state index contributed by atoms with van der Waals surface area (Å²) < 4.78 is 42.0. The average Bonchev–Trinajstić information content (AvgIpc) is 3.11. The summed E-state index contributed by atoms with van der Waals surface area (Å²) in [5.41, 5.74) is 1.93. The molecule has 4 rings (SSSR count). The predicted octanol–water partition coefficient (Wildman–Crippen LogP) is 3.02. The van der Waals surface area contributed by atoms with Crippen LogP contribution < -0.4 is 5.43 Å². The summed E-state index contributed by atoms with van der Waals surface area (Å²) in [7, 11) is 0. The lowest BCUT2D eigenvalue weighted by atomic mass is 9.95. The normalized spacial score (nSPS) is 22.8. The number of amides is 1. The Morgan fingerprint density at radius 1 is 1.26 bits per heavy atom. The number of hydrogen-bond acceptors (Lipinski definition) is 3. The molecule has 8 heteroatoms. The van der Waals surface area contributed by atoms with Crippen LogP contribution in [0, 0.1) is 0 Å². The highest BCUT2D eigenvalue weighted by Gasteiger charge is 2.63. The number of para-hydroxylation sites is 1. The molecule has 1 atom stereocenters. The van der Waals surface area contributed by atoms with Crippen molar-refractivity contribution in [3.8, 4) is 0 Å². The van der Waals surface area contributed by atoms with E-state index in [1.165, 1.54) is 0 Å². The molecule has 5 nitrogen and oxygen atoms in total. The molecule has 1 fully saturated rings. The van der Waals surface area contributed by atoms with Crippen molar-refractivity contribution in [2.24, 2.45) is 0 Å². The Hall–Kier alpha value is -2.48. The smallest absolute Gasteiger partial charge is 0.362 e. The Morgan fingerprint density at radius 2 is 1.96 bits per heavy atom. The van der Waals surface area contributed by atoms with Gasteiger partial charge in [-0.2, -0.15) is 13.2 Å². The van der Waals surface area contributed by atoms with Crippen molar-refractivity contribution in [2.45, 2.75) is 50.6 Å². The molecule has 1 saturated heterocycles. The lowest BCUT2D eigenvalue weighted by Gasteiger charge is -2.33. The zero-order chi connectivity index (χ0) is 19.4. The summed E-state index contributed by atoms with van der Waals surface area (Å²) >= 11 is 0. The minimum atomic E-state index is -4.99. The number of aromatic nitrogens is 1. The molecule has 27 heavy (non-hydrogen) atoms. The summed E-state index contributed by atoms with van der Waals surface area (Å²) in [5, 5.41) is 11.5. The zero-order valence-corrected chi connectivity index (χ0v) is 14.6. The van der Waals surface area contributed by atoms with Crippen LogP contribution >= 0.6 is 0 Å². The molecule has 1 aromatic heterocycles. The van der Waals surface area contributed by atoms with Gasteiger partial charge in [-0.1, -0.05) is 24.8 Å². The minimum Gasteiger partial charge on any atom is -0.362 e. The molecule has 2 aliphatic rings. The van der Waals surface area contributed by atoms with Crippen molar-refractivity contribution in [3.05, 3.63) is 47.8 Å². The van der Waals surface area contributed by atoms with Crippen LogP contribution in [0.3, 0.4) is 0 Å². The van der Waals surface area contributed by atoms with E-state index in [-0.39, 0.29) is 17.3 Å². The Morgan fingerprint density at radius 3 is 2.70 bits per heavy atom. The largest absolute Gasteiger partial charge is 0.438 e. The average molecular weight is 379 g/mol. The van der Waals surface area contributed by atoms with Crippen LogP contribution in [0.15, 0.2) is 36.5 Å². The van der Waals surface area contributed by atoms with Gasteiger partial charge in [0.2, 0.25) is 0 Å². The second-order valence-electron chi connectivity index (χ2n) is 7.17. The van der Waals surface area contributed by atoms with E-state index >= 15 is 0 Å². The molecule has 0 bridgehead atoms. The van der Waals surface area contributed by atoms with Crippen LogP contribution in [0.4, 0.5) is 13.2 Å². The third-order valence-corrected chi connectivity index (χ3v) is 5.38. The molecule has 1 aromatic carbocycles. The van der Waals surface area contributed by atoms with E-state index in [9.17, 15) is 23.1 Å². The predicted molar refractivity (Wildman–Crippen MR) is 93.3 cm³/mol. The first-order chi connectivity index (χ1) is 12.7. The van der Waals surface area contributed by atoms with Crippen molar-refractivity contribution >= 4 is 16.8 Å². The van der Waals surface area contributed by atoms with Gasteiger partial charge in [0.05, 0.1) is 0 Å². The lowest BCUT2D eigenvalue weighted by molar-refractivity contribution is -0.304. The number of nitrogens with zero attached hydrogens (tertiary/aromatic N) is 2. The second kappa shape index (κ2) is 6.02. The summed E-state index contributed by atoms with van der Waals surface area (Å²) in [6.45, 7) is 3.16. The number of aliphatic hydroxyl groups is 1. The fraction of sp³-hybridized carbons (Fsp3) is 0.421. The van der Waals surface area contributed by atoms with Gasteiger partial charge in [-0.3, -0.25) is 10.2 Å². The van der Waals surface area contributed by atoms with E-state index in [0.717, 1.165) is 47.8 Å². The van der Waals surface area contributed by atoms with Crippen LogP contribution in [0.25, 0.3) is 10.9 Å². The van der Waals surface area contributed by atoms with Gasteiger partial charge in [0, 0.05) is 28.7 Å². The number of rotatable bonds is 2. The number of carbonyl (C=O) groups excluding carboxylic acids is 1. The molecule has 1 unspecified atom stereocenters. The van der Waals surface area contributed by atoms with E-state index in [1.807, 2.05) is 24.3 Å². The maximum absolute atomic E-state index is 13.4. The van der Waals surface area contributed by atoms with Gasteiger partial charge in [0.25, 0.3) is 11.6 Å². The van der Waals surface area contributed by atoms with E-state index in [4.69, 9.17) is 0 Å². The number of halogens is 3. The van der Waals surface area contributed by atoms with Crippen molar-refractivity contribution in [2.75, 3.05) is 0 Å². The maximum atomic E-state index is 13.4. The molecule has 2 heterocycles. The first-order valence-electron chi connectivity index (χ1n) is 8.88. The van der Waals surface area contributed by atoms with E-state index < -0.39 is 24.2 Å². The van der Waals surface area contributed by atoms with Gasteiger partial charge in [-0.15, -0.1) is 0 Å². The number of fused-ring (bicyclic) bond motifs is 3. The van der Waals surface area contributed by atoms with Crippen molar-refractivity contribution in [1.29, 1.82) is 0 Å². The van der Waals surface area contributed by atoms with Crippen molar-refractivity contribution in [1.82, 2.24) is 15.0 Å². The van der Waals surface area contributed by atoms with Gasteiger partial charge in [0.15, 0.2) is 0 Å². The van der Waals surface area contributed by atoms with Crippen LogP contribution in [-0.4, -0.2) is 32.5 Å². The van der Waals surface area contributed by atoms with Gasteiger partial charge in [-0.05, 0) is 37.3 Å². The van der Waals surface area contributed by atoms with Gasteiger partial charge in [0.1, 0.15) is 6.54 Å². The fourth-order valence-electron chi connectivity index (χ4n) is 4.14. The number of nitrogens with one attached hydrogen (secondary N) is 1. The number of hydrogen-bond donors (Lipinski definition) is 2. The van der Waals surface area contributed by atoms with E-state index in [2.05, 4.69) is 12.0 Å². The molecule has 1 amide bonds. The summed E-state index contributed by atoms with van der Waals surface area (Å²) in [6.07, 6.45) is -2.08. The Bertz CT molecular complexity index is 934. The summed E-state index contributed by atoms with van der Waals surface area (Å²) in [6, 6.07) is 7.60. The quantitative estimate of drug-likeness (QED) is 0.843. The molecule has 0 radical (unpaired) electrons. The number of aryl methyl sites for hydroxylation is 1. The monoisotopic (exact) mass is 379 g/mol. The zero-order valence-electron chi connectivity index (χ0n) is 14.6. The Kier molecular flexibility index (Phi) is 3.99. The number of hydrazine groups is 1. The molecular formula is C19H20F3N3O2. The number of alkyl halides is 3. The van der Waals surface area contributed by atoms with Crippen LogP contribution in [-0.2, 0) is 24.2 Å². The Labute approximate surface area is 154 Å². The standard InChI is InChI=1S/C19H20F3N3O2/c1-12-10-18(27,19(20,21)22)25(23-12)17(26)11-24-15-8-4-2-6-13(15)14-7-3-5-9-16(14)24/h2,4,6,8,23,27H,1,3,5,7,9-11H2. The number of carbonyl (C=O) groups is 1.